The molecule has 0 nitrogen and oxygen atoms in total. The molecule has 1 atom stereocenters. The highest BCUT2D eigenvalue weighted by Gasteiger charge is 2.04. The summed E-state index contributed by atoms with van der Waals surface area (Å²) in [4.78, 5) is 0. The molecule has 0 spiro atoms. The largest absolute Gasteiger partial charge is 1.00 e. The molecule has 0 N–H and O–H groups in total. The second-order valence-corrected chi connectivity index (χ2v) is 5.38. The van der Waals surface area contributed by atoms with Gasteiger partial charge in [-0.25, -0.2) is 0 Å². The number of hydrogen-bond acceptors (Lipinski definition) is 0. The molecule has 0 heterocycles. The molecule has 0 radical (unpaired) electrons. The zero-order valence-electron chi connectivity index (χ0n) is 8.03. The third kappa shape index (κ3) is 10.8. The van der Waals surface area contributed by atoms with Gasteiger partial charge in [0, 0.05) is 0 Å². The third-order valence-electron chi connectivity index (χ3n) is 1.84. The van der Waals surface area contributed by atoms with Gasteiger partial charge in [-0.3, -0.25) is 0 Å². The minimum Gasteiger partial charge on any atom is -1.00 e. The van der Waals surface area contributed by atoms with Crippen LogP contribution < -0.4 is 17.0 Å². The molecule has 0 aromatic rings. The predicted octanol–water partition coefficient (Wildman–Crippen LogP) is -0.161. The van der Waals surface area contributed by atoms with Crippen molar-refractivity contribution < 1.29 is 17.0 Å². The van der Waals surface area contributed by atoms with Crippen molar-refractivity contribution >= 4 is 10.9 Å². The average molecular weight is 241 g/mol. The van der Waals surface area contributed by atoms with Gasteiger partial charge in [-0.15, -0.1) is 0 Å². The van der Waals surface area contributed by atoms with Crippen LogP contribution in [-0.4, -0.2) is 17.8 Å². The van der Waals surface area contributed by atoms with Crippen LogP contribution in [0, 0.1) is 0 Å². The molecule has 0 aliphatic carbocycles. The zero-order chi connectivity index (χ0) is 7.82. The maximum absolute atomic E-state index is 2.38. The molecule has 0 rings (SSSR count). The topological polar surface area (TPSA) is 0 Å². The molecule has 11 heavy (non-hydrogen) atoms. The molecular formula is C9H21BrS. The lowest BCUT2D eigenvalue weighted by Gasteiger charge is -1.98. The van der Waals surface area contributed by atoms with E-state index in [1.54, 1.807) is 0 Å². The second-order valence-electron chi connectivity index (χ2n) is 2.83. The Morgan fingerprint density at radius 3 is 2.09 bits per heavy atom. The molecule has 0 saturated heterocycles. The van der Waals surface area contributed by atoms with Crippen LogP contribution in [0.3, 0.4) is 0 Å². The molecule has 0 aromatic carbocycles. The van der Waals surface area contributed by atoms with Gasteiger partial charge in [-0.2, -0.15) is 0 Å². The van der Waals surface area contributed by atoms with Crippen molar-refractivity contribution in [1.82, 2.24) is 0 Å². The molecule has 0 fully saturated rings. The van der Waals surface area contributed by atoms with Crippen molar-refractivity contribution in [2.45, 2.75) is 39.5 Å². The van der Waals surface area contributed by atoms with E-state index in [0.717, 1.165) is 10.9 Å². The molecule has 1 unspecified atom stereocenters. The van der Waals surface area contributed by atoms with Crippen LogP contribution in [0.5, 0.6) is 0 Å². The van der Waals surface area contributed by atoms with E-state index in [9.17, 15) is 0 Å². The number of unbranched alkanes of at least 4 members (excludes halogenated alkanes) is 3. The third-order valence-corrected chi connectivity index (χ3v) is 3.81. The number of hydrogen-bond donors (Lipinski definition) is 0. The molecule has 0 bridgehead atoms. The van der Waals surface area contributed by atoms with Crippen LogP contribution in [-0.2, 0) is 10.9 Å². The van der Waals surface area contributed by atoms with Crippen LogP contribution >= 0.6 is 0 Å². The van der Waals surface area contributed by atoms with Crippen LogP contribution in [0.15, 0.2) is 0 Å². The van der Waals surface area contributed by atoms with E-state index in [1.807, 2.05) is 0 Å². The van der Waals surface area contributed by atoms with Gasteiger partial charge >= 0.3 is 0 Å². The van der Waals surface area contributed by atoms with Gasteiger partial charge in [0.05, 0.1) is 6.26 Å². The summed E-state index contributed by atoms with van der Waals surface area (Å²) in [6.07, 6.45) is 8.09. The summed E-state index contributed by atoms with van der Waals surface area (Å²) >= 11 is 0. The van der Waals surface area contributed by atoms with Crippen molar-refractivity contribution in [3.05, 3.63) is 0 Å². The van der Waals surface area contributed by atoms with Crippen molar-refractivity contribution in [2.75, 3.05) is 17.8 Å². The van der Waals surface area contributed by atoms with Gasteiger partial charge in [0.15, 0.2) is 0 Å². The molecule has 0 saturated carbocycles. The molecule has 2 heteroatoms. The van der Waals surface area contributed by atoms with E-state index in [4.69, 9.17) is 0 Å². The quantitative estimate of drug-likeness (QED) is 0.448. The summed E-state index contributed by atoms with van der Waals surface area (Å²) < 4.78 is 0. The van der Waals surface area contributed by atoms with Crippen molar-refractivity contribution in [3.8, 4) is 0 Å². The Hall–Kier alpha value is 0.830. The van der Waals surface area contributed by atoms with Crippen LogP contribution in [0.1, 0.15) is 39.5 Å². The van der Waals surface area contributed by atoms with Crippen molar-refractivity contribution in [1.29, 1.82) is 0 Å². The lowest BCUT2D eigenvalue weighted by atomic mass is 10.2. The predicted molar refractivity (Wildman–Crippen MR) is 52.8 cm³/mol. The fourth-order valence-electron chi connectivity index (χ4n) is 0.920. The molecule has 0 aliphatic rings. The Bertz CT molecular complexity index is 66.6. The minimum atomic E-state index is 0. The number of rotatable bonds is 6. The fourth-order valence-corrected chi connectivity index (χ4v) is 1.91. The maximum atomic E-state index is 2.38. The Morgan fingerprint density at radius 2 is 1.64 bits per heavy atom. The summed E-state index contributed by atoms with van der Waals surface area (Å²) in [5.41, 5.74) is 0. The van der Waals surface area contributed by atoms with E-state index in [1.165, 1.54) is 37.2 Å². The van der Waals surface area contributed by atoms with Crippen molar-refractivity contribution in [2.24, 2.45) is 0 Å². The minimum absolute atomic E-state index is 0. The molecule has 0 amide bonds. The Kier molecular flexibility index (Phi) is 14.1. The Balaban J connectivity index is 0. The van der Waals surface area contributed by atoms with E-state index < -0.39 is 0 Å². The van der Waals surface area contributed by atoms with Crippen LogP contribution in [0.4, 0.5) is 0 Å². The first-order chi connectivity index (χ1) is 4.81. The zero-order valence-corrected chi connectivity index (χ0v) is 10.4. The van der Waals surface area contributed by atoms with E-state index >= 15 is 0 Å². The van der Waals surface area contributed by atoms with E-state index in [2.05, 4.69) is 20.1 Å². The average Bonchev–Trinajstić information content (AvgIpc) is 1.98. The second kappa shape index (κ2) is 10.8. The first-order valence-electron chi connectivity index (χ1n) is 4.40. The van der Waals surface area contributed by atoms with Gasteiger partial charge in [0.1, 0.15) is 11.5 Å². The number of halogens is 1. The Labute approximate surface area is 85.3 Å². The van der Waals surface area contributed by atoms with Crippen molar-refractivity contribution in [3.63, 3.8) is 0 Å². The van der Waals surface area contributed by atoms with E-state index in [-0.39, 0.29) is 17.0 Å². The molecular weight excluding hydrogens is 220 g/mol. The SMILES string of the molecule is CCCCCC[S+](C)CC.[Br-]. The summed E-state index contributed by atoms with van der Waals surface area (Å²) in [7, 11) is 0.720. The normalized spacial score (nSPS) is 12.3. The summed E-state index contributed by atoms with van der Waals surface area (Å²) in [6.45, 7) is 4.56. The van der Waals surface area contributed by atoms with Crippen LogP contribution in [0.25, 0.3) is 0 Å². The van der Waals surface area contributed by atoms with Gasteiger partial charge in [0.25, 0.3) is 0 Å². The lowest BCUT2D eigenvalue weighted by molar-refractivity contribution is -0.00000237. The first-order valence-corrected chi connectivity index (χ1v) is 6.37. The highest BCUT2D eigenvalue weighted by atomic mass is 79.9. The summed E-state index contributed by atoms with van der Waals surface area (Å²) in [6, 6.07) is 0. The van der Waals surface area contributed by atoms with Gasteiger partial charge in [0.2, 0.25) is 0 Å². The summed E-state index contributed by atoms with van der Waals surface area (Å²) in [5.74, 6) is 2.85. The van der Waals surface area contributed by atoms with Crippen LogP contribution in [0.2, 0.25) is 0 Å². The standard InChI is InChI=1S/C9H21S.BrH/c1-4-6-7-8-9-10(3)5-2;/h4-9H2,1-3H3;1H/q+1;/p-1. The highest BCUT2D eigenvalue weighted by Crippen LogP contribution is 2.02. The molecule has 70 valence electrons. The van der Waals surface area contributed by atoms with Gasteiger partial charge in [-0.1, -0.05) is 19.8 Å². The fraction of sp³-hybridized carbons (Fsp3) is 1.00. The molecule has 0 aliphatic heterocycles. The summed E-state index contributed by atoms with van der Waals surface area (Å²) in [5, 5.41) is 0. The first kappa shape index (κ1) is 14.4. The van der Waals surface area contributed by atoms with Gasteiger partial charge in [-0.05, 0) is 30.7 Å². The maximum Gasteiger partial charge on any atom is 0.107 e. The smallest absolute Gasteiger partial charge is 0.107 e. The van der Waals surface area contributed by atoms with E-state index in [0.29, 0.717) is 0 Å². The Morgan fingerprint density at radius 1 is 1.00 bits per heavy atom. The lowest BCUT2D eigenvalue weighted by Crippen LogP contribution is -3.00. The molecule has 0 aromatic heterocycles. The van der Waals surface area contributed by atoms with Gasteiger partial charge < -0.3 is 17.0 Å². The highest BCUT2D eigenvalue weighted by molar-refractivity contribution is 7.96. The monoisotopic (exact) mass is 240 g/mol.